The van der Waals surface area contributed by atoms with Crippen LogP contribution in [0.15, 0.2) is 24.3 Å². The molecule has 1 N–H and O–H groups in total. The minimum absolute atomic E-state index is 0.0307. The van der Waals surface area contributed by atoms with Crippen molar-refractivity contribution in [2.45, 2.75) is 50.6 Å². The molecule has 4 bridgehead atoms. The number of rotatable bonds is 4. The van der Waals surface area contributed by atoms with Gasteiger partial charge in [0.1, 0.15) is 0 Å². The first kappa shape index (κ1) is 18.3. The van der Waals surface area contributed by atoms with Crippen molar-refractivity contribution in [3.63, 3.8) is 0 Å². The average Bonchev–Trinajstić information content (AvgIpc) is 3.02. The first-order valence-electron chi connectivity index (χ1n) is 10.4. The summed E-state index contributed by atoms with van der Waals surface area (Å²) in [6, 6.07) is 8.30. The number of hydrogen-bond acceptors (Lipinski definition) is 3. The van der Waals surface area contributed by atoms with Crippen LogP contribution in [0, 0.1) is 23.2 Å². The highest BCUT2D eigenvalue weighted by molar-refractivity contribution is 6.30. The Labute approximate surface area is 170 Å². The van der Waals surface area contributed by atoms with Gasteiger partial charge >= 0.3 is 12.0 Å². The molecule has 0 radical (unpaired) electrons. The SMILES string of the molecule is COC(=O)C12CC3CC(C1)C(N1CC(Cc4ccc(Cl)cc4)NC1=O)C(C3)C2. The second kappa shape index (κ2) is 6.65. The van der Waals surface area contributed by atoms with Crippen molar-refractivity contribution < 1.29 is 14.3 Å². The number of urea groups is 1. The van der Waals surface area contributed by atoms with Crippen LogP contribution in [0.25, 0.3) is 0 Å². The Kier molecular flexibility index (Phi) is 4.34. The first-order valence-corrected chi connectivity index (χ1v) is 10.8. The summed E-state index contributed by atoms with van der Waals surface area (Å²) in [7, 11) is 1.51. The summed E-state index contributed by atoms with van der Waals surface area (Å²) < 4.78 is 5.17. The Morgan fingerprint density at radius 2 is 1.89 bits per heavy atom. The van der Waals surface area contributed by atoms with Gasteiger partial charge in [-0.3, -0.25) is 4.79 Å². The van der Waals surface area contributed by atoms with Crippen molar-refractivity contribution in [2.75, 3.05) is 13.7 Å². The van der Waals surface area contributed by atoms with E-state index in [2.05, 4.69) is 10.2 Å². The monoisotopic (exact) mass is 402 g/mol. The van der Waals surface area contributed by atoms with E-state index < -0.39 is 0 Å². The number of hydrogen-bond donors (Lipinski definition) is 1. The normalized spacial score (nSPS) is 38.6. The highest BCUT2D eigenvalue weighted by atomic mass is 35.5. The minimum Gasteiger partial charge on any atom is -0.469 e. The van der Waals surface area contributed by atoms with Gasteiger partial charge in [-0.1, -0.05) is 23.7 Å². The number of carbonyl (C=O) groups is 2. The van der Waals surface area contributed by atoms with Gasteiger partial charge < -0.3 is 15.0 Å². The molecule has 1 saturated heterocycles. The number of benzene rings is 1. The number of nitrogens with zero attached hydrogens (tertiary/aromatic N) is 1. The van der Waals surface area contributed by atoms with Crippen molar-refractivity contribution >= 4 is 23.6 Å². The van der Waals surface area contributed by atoms with E-state index in [4.69, 9.17) is 16.3 Å². The summed E-state index contributed by atoms with van der Waals surface area (Å²) in [5.74, 6) is 1.43. The molecule has 4 saturated carbocycles. The van der Waals surface area contributed by atoms with Crippen molar-refractivity contribution in [1.29, 1.82) is 0 Å². The summed E-state index contributed by atoms with van der Waals surface area (Å²) in [5, 5.41) is 3.91. The summed E-state index contributed by atoms with van der Waals surface area (Å²) in [4.78, 5) is 27.4. The van der Waals surface area contributed by atoms with Crippen LogP contribution in [0.4, 0.5) is 4.79 Å². The smallest absolute Gasteiger partial charge is 0.318 e. The van der Waals surface area contributed by atoms with Gasteiger partial charge in [-0.2, -0.15) is 0 Å². The maximum atomic E-state index is 12.8. The predicted molar refractivity (Wildman–Crippen MR) is 106 cm³/mol. The van der Waals surface area contributed by atoms with E-state index >= 15 is 0 Å². The minimum atomic E-state index is -0.291. The molecule has 6 rings (SSSR count). The third-order valence-corrected chi connectivity index (χ3v) is 7.85. The number of ether oxygens (including phenoxy) is 1. The molecule has 5 aliphatic rings. The molecule has 5 fully saturated rings. The topological polar surface area (TPSA) is 58.6 Å². The van der Waals surface area contributed by atoms with Crippen LogP contribution in [0.1, 0.15) is 37.7 Å². The van der Waals surface area contributed by atoms with Gasteiger partial charge in [-0.25, -0.2) is 4.79 Å². The Morgan fingerprint density at radius 3 is 2.54 bits per heavy atom. The highest BCUT2D eigenvalue weighted by Crippen LogP contribution is 2.61. The van der Waals surface area contributed by atoms with Crippen LogP contribution in [0.5, 0.6) is 0 Å². The molecule has 150 valence electrons. The lowest BCUT2D eigenvalue weighted by Gasteiger charge is -2.60. The molecule has 1 aliphatic heterocycles. The summed E-state index contributed by atoms with van der Waals surface area (Å²) >= 11 is 5.98. The van der Waals surface area contributed by atoms with Crippen LogP contribution in [-0.4, -0.2) is 42.6 Å². The van der Waals surface area contributed by atoms with Gasteiger partial charge in [0, 0.05) is 17.6 Å². The van der Waals surface area contributed by atoms with E-state index in [-0.39, 0.29) is 29.5 Å². The second-order valence-corrected chi connectivity index (χ2v) is 9.80. The molecule has 0 aromatic heterocycles. The third-order valence-electron chi connectivity index (χ3n) is 7.60. The maximum Gasteiger partial charge on any atom is 0.318 e. The van der Waals surface area contributed by atoms with Crippen LogP contribution in [0.2, 0.25) is 5.02 Å². The summed E-state index contributed by atoms with van der Waals surface area (Å²) in [5.41, 5.74) is 0.895. The van der Waals surface area contributed by atoms with E-state index in [1.165, 1.54) is 12.7 Å². The summed E-state index contributed by atoms with van der Waals surface area (Å²) in [6.45, 7) is 0.745. The molecule has 2 amide bonds. The molecular weight excluding hydrogens is 376 g/mol. The van der Waals surface area contributed by atoms with E-state index in [1.807, 2.05) is 24.3 Å². The molecule has 5 nitrogen and oxygen atoms in total. The van der Waals surface area contributed by atoms with Crippen LogP contribution >= 0.6 is 11.6 Å². The fraction of sp³-hybridized carbons (Fsp3) is 0.636. The standard InChI is InChI=1S/C22H27ClN2O3/c1-28-20(26)22-9-14-6-15(10-22)19(16(7-14)11-22)25-12-18(24-21(25)27)8-13-2-4-17(23)5-3-13/h2-5,14-16,18-19H,6-12H2,1H3,(H,24,27). The van der Waals surface area contributed by atoms with Crippen LogP contribution < -0.4 is 5.32 Å². The lowest BCUT2D eigenvalue weighted by atomic mass is 9.47. The number of amides is 2. The fourth-order valence-electron chi connectivity index (χ4n) is 6.87. The van der Waals surface area contributed by atoms with Crippen molar-refractivity contribution in [3.05, 3.63) is 34.9 Å². The van der Waals surface area contributed by atoms with E-state index in [9.17, 15) is 9.59 Å². The van der Waals surface area contributed by atoms with Gasteiger partial charge in [0.05, 0.1) is 18.6 Å². The maximum absolute atomic E-state index is 12.8. The number of halogens is 1. The molecule has 1 aromatic carbocycles. The lowest BCUT2D eigenvalue weighted by Crippen LogP contribution is -2.61. The highest BCUT2D eigenvalue weighted by Gasteiger charge is 2.61. The first-order chi connectivity index (χ1) is 13.5. The molecule has 3 unspecified atom stereocenters. The molecular formula is C22H27ClN2O3. The Bertz CT molecular complexity index is 779. The number of nitrogens with one attached hydrogen (secondary N) is 1. The largest absolute Gasteiger partial charge is 0.469 e. The van der Waals surface area contributed by atoms with Gasteiger partial charge in [0.2, 0.25) is 0 Å². The summed E-state index contributed by atoms with van der Waals surface area (Å²) in [6.07, 6.45) is 5.84. The van der Waals surface area contributed by atoms with Gasteiger partial charge in [0.15, 0.2) is 0 Å². The van der Waals surface area contributed by atoms with Gasteiger partial charge in [-0.15, -0.1) is 0 Å². The van der Waals surface area contributed by atoms with E-state index in [0.29, 0.717) is 17.8 Å². The van der Waals surface area contributed by atoms with Crippen molar-refractivity contribution in [3.8, 4) is 0 Å². The van der Waals surface area contributed by atoms with Crippen molar-refractivity contribution in [1.82, 2.24) is 10.2 Å². The number of carbonyl (C=O) groups excluding carboxylic acids is 2. The molecule has 4 aliphatic carbocycles. The van der Waals surface area contributed by atoms with E-state index in [0.717, 1.165) is 50.1 Å². The Hall–Kier alpha value is -1.75. The number of methoxy groups -OCH3 is 1. The Morgan fingerprint density at radius 1 is 1.21 bits per heavy atom. The molecule has 3 atom stereocenters. The van der Waals surface area contributed by atoms with Crippen LogP contribution in [-0.2, 0) is 16.0 Å². The zero-order valence-corrected chi connectivity index (χ0v) is 17.0. The molecule has 6 heteroatoms. The predicted octanol–water partition coefficient (Wildman–Crippen LogP) is 3.64. The van der Waals surface area contributed by atoms with Crippen LogP contribution in [0.3, 0.4) is 0 Å². The molecule has 1 aromatic rings. The Balaban J connectivity index is 1.31. The second-order valence-electron chi connectivity index (χ2n) is 9.36. The molecule has 1 heterocycles. The number of esters is 1. The third kappa shape index (κ3) is 2.90. The van der Waals surface area contributed by atoms with Gasteiger partial charge in [-0.05, 0) is 74.0 Å². The fourth-order valence-corrected chi connectivity index (χ4v) is 7.00. The molecule has 28 heavy (non-hydrogen) atoms. The lowest BCUT2D eigenvalue weighted by molar-refractivity contribution is -0.174. The van der Waals surface area contributed by atoms with Gasteiger partial charge in [0.25, 0.3) is 0 Å². The zero-order valence-electron chi connectivity index (χ0n) is 16.2. The zero-order chi connectivity index (χ0) is 19.5. The van der Waals surface area contributed by atoms with Crippen molar-refractivity contribution in [2.24, 2.45) is 23.2 Å². The average molecular weight is 403 g/mol. The van der Waals surface area contributed by atoms with E-state index in [1.54, 1.807) is 0 Å². The quantitative estimate of drug-likeness (QED) is 0.782. The molecule has 0 spiro atoms.